The number of benzene rings is 6. The first-order valence-corrected chi connectivity index (χ1v) is 30.2. The van der Waals surface area contributed by atoms with E-state index in [1.807, 2.05) is 23.0 Å². The van der Waals surface area contributed by atoms with Crippen LogP contribution in [0.15, 0.2) is 72.8 Å². The van der Waals surface area contributed by atoms with E-state index in [0.29, 0.717) is 45.6 Å². The van der Waals surface area contributed by atoms with Crippen molar-refractivity contribution in [2.24, 2.45) is 0 Å². The Labute approximate surface area is 510 Å². The molecule has 0 saturated carbocycles. The summed E-state index contributed by atoms with van der Waals surface area (Å²) in [4.78, 5) is 44.0. The largest absolute Gasteiger partial charge is 0.478 e. The molecule has 3 aliphatic rings. The number of carbonyl (C=O) groups excluding carboxylic acids is 2. The highest BCUT2D eigenvalue weighted by atomic mass is 19.1. The zero-order valence-electron chi connectivity index (χ0n) is 54.4. The first kappa shape index (κ1) is 63.8. The van der Waals surface area contributed by atoms with Gasteiger partial charge in [0.1, 0.15) is 29.1 Å². The van der Waals surface area contributed by atoms with Crippen LogP contribution >= 0.6 is 0 Å². The van der Waals surface area contributed by atoms with Gasteiger partial charge < -0.3 is 20.3 Å². The second kappa shape index (κ2) is 22.4. The van der Waals surface area contributed by atoms with Gasteiger partial charge in [0.2, 0.25) is 0 Å². The monoisotopic (exact) mass is 1190 g/mol. The number of ether oxygens (including phenoxy) is 2. The Bertz CT molecular complexity index is 4140. The molecule has 0 spiro atoms. The lowest BCUT2D eigenvalue weighted by Gasteiger charge is -2.42. The summed E-state index contributed by atoms with van der Waals surface area (Å²) in [5.74, 6) is -3.20. The summed E-state index contributed by atoms with van der Waals surface area (Å²) in [6.07, 6.45) is 7.35. The molecule has 0 bridgehead atoms. The van der Waals surface area contributed by atoms with Gasteiger partial charge in [-0.05, 0) is 210 Å². The minimum Gasteiger partial charge on any atom is -0.478 e. The Kier molecular flexibility index (Phi) is 16.4. The molecule has 87 heavy (non-hydrogen) atoms. The number of carboxylic acid groups (broad SMARTS) is 1. The molecular weight excluding hydrogens is 1100 g/mol. The van der Waals surface area contributed by atoms with Gasteiger partial charge >= 0.3 is 17.9 Å². The third kappa shape index (κ3) is 11.7. The van der Waals surface area contributed by atoms with Crippen LogP contribution in [0.5, 0.6) is 0 Å². The number of hydrogen-bond acceptors (Lipinski definition) is 8. The maximum atomic E-state index is 14.7. The molecule has 0 amide bonds. The number of aromatic nitrogens is 4. The normalized spacial score (nSPS) is 17.2. The van der Waals surface area contributed by atoms with Crippen LogP contribution in [0.4, 0.5) is 18.9 Å². The number of rotatable bonds is 7. The molecule has 0 aliphatic heterocycles. The number of nitrogens with two attached hydrogens (primary N) is 1. The van der Waals surface area contributed by atoms with Crippen molar-refractivity contribution in [3.63, 3.8) is 0 Å². The second-order valence-electron chi connectivity index (χ2n) is 28.6. The maximum absolute atomic E-state index is 14.7. The molecule has 2 heterocycles. The van der Waals surface area contributed by atoms with E-state index in [1.54, 1.807) is 0 Å². The van der Waals surface area contributed by atoms with E-state index in [-0.39, 0.29) is 49.2 Å². The van der Waals surface area contributed by atoms with Crippen molar-refractivity contribution >= 4 is 45.7 Å². The molecule has 3 aliphatic carbocycles. The van der Waals surface area contributed by atoms with Crippen molar-refractivity contribution in [2.75, 3.05) is 20.0 Å². The third-order valence-corrected chi connectivity index (χ3v) is 19.6. The van der Waals surface area contributed by atoms with Crippen molar-refractivity contribution in [2.45, 2.75) is 195 Å². The Balaban J connectivity index is 0.000000156. The standard InChI is InChI=1S/C25H29FN2O2.C24H27FN2O2.C24H30FNO2/c1-14-10-17-18(25(5,6)9-8-24(17,3)4)12-21(14)28-15(2)27-20-11-16(23(29)30-7)19(26)13-22(20)28;1-13-9-16-17(24(5,6)8-7-23(16,3)4)11-20(13)27-14(2)26-19-10-15(22(28)29)18(25)12-21(19)27;1-14-9-18-19(24(4,5)8-7-23(18,2)3)11-15(14)10-16-12-20(25)17(13-21(16)26)22(27)28-6/h10-13H,8-9H2,1-7H3;9-12H,7-8H2,1-6H3,(H,28,29);9,11-13H,7-8,10,26H2,1-6H3. The van der Waals surface area contributed by atoms with E-state index >= 15 is 0 Å². The van der Waals surface area contributed by atoms with Crippen LogP contribution in [0.2, 0.25) is 0 Å². The van der Waals surface area contributed by atoms with E-state index in [4.69, 9.17) is 10.5 Å². The molecule has 11 nitrogen and oxygen atoms in total. The number of carboxylic acids is 1. The van der Waals surface area contributed by atoms with E-state index in [2.05, 4.69) is 155 Å². The van der Waals surface area contributed by atoms with Crippen LogP contribution in [0.25, 0.3) is 33.4 Å². The lowest BCUT2D eigenvalue weighted by Crippen LogP contribution is -2.34. The molecule has 11 rings (SSSR count). The average Bonchev–Trinajstić information content (AvgIpc) is 1.69. The van der Waals surface area contributed by atoms with Crippen LogP contribution in [-0.4, -0.2) is 56.3 Å². The summed E-state index contributed by atoms with van der Waals surface area (Å²) in [6, 6.07) is 21.8. The summed E-state index contributed by atoms with van der Waals surface area (Å²) in [5.41, 5.74) is 24.3. The average molecular weight is 1190 g/mol. The highest BCUT2D eigenvalue weighted by molar-refractivity contribution is 5.95. The lowest BCUT2D eigenvalue weighted by atomic mass is 9.62. The number of nitrogens with zero attached hydrogens (tertiary/aromatic N) is 4. The number of hydrogen-bond donors (Lipinski definition) is 2. The van der Waals surface area contributed by atoms with Gasteiger partial charge in [0.05, 0.1) is 64.4 Å². The van der Waals surface area contributed by atoms with E-state index in [0.717, 1.165) is 66.0 Å². The molecule has 0 unspecified atom stereocenters. The fraction of sp³-hybridized carbons (Fsp3) is 0.438. The number of imidazole rings is 2. The molecule has 3 N–H and O–H groups in total. The number of methoxy groups -OCH3 is 2. The van der Waals surface area contributed by atoms with Crippen LogP contribution in [-0.2, 0) is 48.4 Å². The quantitative estimate of drug-likeness (QED) is 0.117. The number of nitrogen functional groups attached to an aromatic ring is 1. The maximum Gasteiger partial charge on any atom is 0.340 e. The van der Waals surface area contributed by atoms with Crippen LogP contribution < -0.4 is 5.73 Å². The number of halogens is 3. The summed E-state index contributed by atoms with van der Waals surface area (Å²) in [7, 11) is 2.47. The van der Waals surface area contributed by atoms with Gasteiger partial charge in [-0.3, -0.25) is 9.13 Å². The fourth-order valence-electron chi connectivity index (χ4n) is 13.6. The molecule has 460 valence electrons. The predicted molar refractivity (Wildman–Crippen MR) is 341 cm³/mol. The molecule has 2 aromatic heterocycles. The summed E-state index contributed by atoms with van der Waals surface area (Å²) < 4.78 is 56.8. The van der Waals surface area contributed by atoms with Crippen LogP contribution in [0, 0.1) is 52.1 Å². The van der Waals surface area contributed by atoms with Gasteiger partial charge in [-0.1, -0.05) is 107 Å². The number of carbonyl (C=O) groups is 3. The second-order valence-corrected chi connectivity index (χ2v) is 28.6. The van der Waals surface area contributed by atoms with E-state index in [1.165, 1.54) is 96.0 Å². The van der Waals surface area contributed by atoms with Gasteiger partial charge in [-0.25, -0.2) is 37.5 Å². The molecular formula is C73H86F3N5O6. The van der Waals surface area contributed by atoms with Crippen molar-refractivity contribution in [3.05, 3.63) is 180 Å². The number of esters is 2. The summed E-state index contributed by atoms with van der Waals surface area (Å²) in [5, 5.41) is 9.23. The Morgan fingerprint density at radius 2 is 0.782 bits per heavy atom. The van der Waals surface area contributed by atoms with Crippen LogP contribution in [0.3, 0.4) is 0 Å². The third-order valence-electron chi connectivity index (χ3n) is 19.6. The first-order chi connectivity index (χ1) is 40.3. The van der Waals surface area contributed by atoms with Gasteiger partial charge in [0.15, 0.2) is 0 Å². The van der Waals surface area contributed by atoms with Crippen molar-refractivity contribution in [3.8, 4) is 11.4 Å². The smallest absolute Gasteiger partial charge is 0.340 e. The molecule has 0 saturated heterocycles. The molecule has 6 aromatic carbocycles. The zero-order chi connectivity index (χ0) is 64.2. The predicted octanol–water partition coefficient (Wildman–Crippen LogP) is 17.2. The van der Waals surface area contributed by atoms with Gasteiger partial charge in [-0.15, -0.1) is 0 Å². The zero-order valence-corrected chi connectivity index (χ0v) is 54.4. The van der Waals surface area contributed by atoms with Gasteiger partial charge in [0, 0.05) is 17.8 Å². The number of aromatic carboxylic acids is 1. The van der Waals surface area contributed by atoms with Crippen molar-refractivity contribution in [1.82, 2.24) is 19.1 Å². The highest BCUT2D eigenvalue weighted by Crippen LogP contribution is 2.50. The van der Waals surface area contributed by atoms with Crippen molar-refractivity contribution < 1.29 is 42.1 Å². The number of anilines is 1. The van der Waals surface area contributed by atoms with E-state index in [9.17, 15) is 32.7 Å². The summed E-state index contributed by atoms with van der Waals surface area (Å²) >= 11 is 0. The SMILES string of the molecule is COC(=O)c1cc(N)c(Cc2cc3c(cc2C)C(C)(C)CCC3(C)C)cc1F.COC(=O)c1cc2nc(C)n(-c3cc4c(cc3C)C(C)(C)CCC4(C)C)c2cc1F.Cc1cc2c(cc1-n1c(C)nc3cc(C(=O)O)c(F)cc31)C(C)(C)CCC2(C)C. The molecule has 8 aromatic rings. The Morgan fingerprint density at radius 1 is 0.460 bits per heavy atom. The number of aryl methyl sites for hydroxylation is 5. The van der Waals surface area contributed by atoms with Gasteiger partial charge in [0.25, 0.3) is 0 Å². The molecule has 0 atom stereocenters. The molecule has 14 heteroatoms. The molecule has 0 radical (unpaired) electrons. The van der Waals surface area contributed by atoms with Crippen LogP contribution in [0.1, 0.15) is 226 Å². The highest BCUT2D eigenvalue weighted by Gasteiger charge is 2.41. The lowest BCUT2D eigenvalue weighted by molar-refractivity contribution is 0.0586. The molecule has 0 fully saturated rings. The topological polar surface area (TPSA) is 152 Å². The Morgan fingerprint density at radius 3 is 1.16 bits per heavy atom. The minimum atomic E-state index is -1.29. The Hall–Kier alpha value is -7.74. The fourth-order valence-corrected chi connectivity index (χ4v) is 13.6. The number of fused-ring (bicyclic) bond motifs is 5. The van der Waals surface area contributed by atoms with Gasteiger partial charge in [-0.2, -0.15) is 0 Å². The first-order valence-electron chi connectivity index (χ1n) is 30.2. The van der Waals surface area contributed by atoms with Crippen molar-refractivity contribution in [1.29, 1.82) is 0 Å². The summed E-state index contributed by atoms with van der Waals surface area (Å²) in [6.45, 7) is 37.6. The minimum absolute atomic E-state index is 0.0549. The van der Waals surface area contributed by atoms with E-state index < -0.39 is 35.4 Å².